The lowest BCUT2D eigenvalue weighted by Gasteiger charge is -2.13. The SMILES string of the molecule is CCc1nnc2sc(-c3ccc(CNC(=S)NC(=O)c4cc(Br)cc(Br)c4OC)cc3)nn12. The molecule has 0 unspecified atom stereocenters. The molecule has 2 N–H and O–H groups in total. The van der Waals surface area contributed by atoms with E-state index in [2.05, 4.69) is 57.8 Å². The van der Waals surface area contributed by atoms with Crippen LogP contribution in [-0.2, 0) is 13.0 Å². The second kappa shape index (κ2) is 10.2. The Morgan fingerprint density at radius 1 is 1.21 bits per heavy atom. The third-order valence-corrected chi connectivity index (χ3v) is 6.95. The summed E-state index contributed by atoms with van der Waals surface area (Å²) in [5.41, 5.74) is 2.37. The summed E-state index contributed by atoms with van der Waals surface area (Å²) in [5, 5.41) is 19.8. The van der Waals surface area contributed by atoms with E-state index >= 15 is 0 Å². The van der Waals surface area contributed by atoms with E-state index in [4.69, 9.17) is 17.0 Å². The topological polar surface area (TPSA) is 93.4 Å². The number of halogens is 2. The van der Waals surface area contributed by atoms with Crippen molar-refractivity contribution in [2.24, 2.45) is 0 Å². The van der Waals surface area contributed by atoms with Gasteiger partial charge in [-0.25, -0.2) is 0 Å². The molecular weight excluding hydrogens is 592 g/mol. The highest BCUT2D eigenvalue weighted by Crippen LogP contribution is 2.32. The van der Waals surface area contributed by atoms with Gasteiger partial charge in [-0.2, -0.15) is 9.61 Å². The zero-order chi connectivity index (χ0) is 23.5. The van der Waals surface area contributed by atoms with Crippen LogP contribution in [0.5, 0.6) is 5.75 Å². The number of hydrogen-bond donors (Lipinski definition) is 2. The minimum Gasteiger partial charge on any atom is -0.495 e. The molecule has 0 aliphatic heterocycles. The van der Waals surface area contributed by atoms with E-state index in [0.29, 0.717) is 22.3 Å². The number of carbonyl (C=O) groups excluding carboxylic acids is 1. The number of rotatable bonds is 6. The van der Waals surface area contributed by atoms with E-state index in [9.17, 15) is 4.79 Å². The maximum atomic E-state index is 12.7. The van der Waals surface area contributed by atoms with Gasteiger partial charge < -0.3 is 10.1 Å². The summed E-state index contributed by atoms with van der Waals surface area (Å²) in [6, 6.07) is 11.5. The minimum atomic E-state index is -0.364. The van der Waals surface area contributed by atoms with E-state index in [1.54, 1.807) is 16.6 Å². The molecular formula is C21H18Br2N6O2S2. The number of aromatic nitrogens is 4. The van der Waals surface area contributed by atoms with Gasteiger partial charge in [-0.1, -0.05) is 58.5 Å². The number of ether oxygens (including phenoxy) is 1. The first-order chi connectivity index (χ1) is 15.9. The molecule has 12 heteroatoms. The highest BCUT2D eigenvalue weighted by molar-refractivity contribution is 9.11. The van der Waals surface area contributed by atoms with Gasteiger partial charge in [0, 0.05) is 23.0 Å². The molecule has 8 nitrogen and oxygen atoms in total. The zero-order valence-electron chi connectivity index (χ0n) is 17.6. The molecule has 0 fully saturated rings. The van der Waals surface area contributed by atoms with Crippen LogP contribution in [0.15, 0.2) is 45.3 Å². The van der Waals surface area contributed by atoms with Crippen molar-refractivity contribution in [2.75, 3.05) is 7.11 Å². The summed E-state index contributed by atoms with van der Waals surface area (Å²) in [6.07, 6.45) is 0.775. The molecule has 0 saturated heterocycles. The normalized spacial score (nSPS) is 10.9. The molecule has 0 saturated carbocycles. The Morgan fingerprint density at radius 2 is 1.97 bits per heavy atom. The second-order valence-electron chi connectivity index (χ2n) is 6.87. The van der Waals surface area contributed by atoms with Crippen molar-refractivity contribution in [1.82, 2.24) is 30.4 Å². The lowest BCUT2D eigenvalue weighted by molar-refractivity contribution is 0.0973. The lowest BCUT2D eigenvalue weighted by atomic mass is 10.1. The fourth-order valence-corrected chi connectivity index (χ4v) is 5.51. The Morgan fingerprint density at radius 3 is 2.67 bits per heavy atom. The molecule has 0 bridgehead atoms. The van der Waals surface area contributed by atoms with Gasteiger partial charge in [0.1, 0.15) is 10.8 Å². The Bertz CT molecular complexity index is 1340. The molecule has 4 rings (SSSR count). The maximum absolute atomic E-state index is 12.7. The van der Waals surface area contributed by atoms with Crippen LogP contribution in [0, 0.1) is 0 Å². The molecule has 0 aliphatic rings. The van der Waals surface area contributed by atoms with Gasteiger partial charge in [-0.3, -0.25) is 10.1 Å². The van der Waals surface area contributed by atoms with E-state index in [-0.39, 0.29) is 11.0 Å². The van der Waals surface area contributed by atoms with Gasteiger partial charge in [0.25, 0.3) is 5.91 Å². The van der Waals surface area contributed by atoms with E-state index in [0.717, 1.165) is 37.8 Å². The molecule has 0 spiro atoms. The third-order valence-electron chi connectivity index (χ3n) is 4.71. The van der Waals surface area contributed by atoms with E-state index in [1.165, 1.54) is 18.4 Å². The smallest absolute Gasteiger partial charge is 0.261 e. The first-order valence-corrected chi connectivity index (χ1v) is 12.6. The van der Waals surface area contributed by atoms with E-state index in [1.807, 2.05) is 31.2 Å². The van der Waals surface area contributed by atoms with Crippen LogP contribution in [0.3, 0.4) is 0 Å². The molecule has 0 aliphatic carbocycles. The molecule has 2 heterocycles. The number of benzene rings is 2. The van der Waals surface area contributed by atoms with Crippen molar-refractivity contribution >= 4 is 71.4 Å². The molecule has 4 aromatic rings. The fourth-order valence-electron chi connectivity index (χ4n) is 3.09. The predicted molar refractivity (Wildman–Crippen MR) is 139 cm³/mol. The quantitative estimate of drug-likeness (QED) is 0.305. The number of nitrogens with zero attached hydrogens (tertiary/aromatic N) is 4. The number of hydrogen-bond acceptors (Lipinski definition) is 7. The number of methoxy groups -OCH3 is 1. The summed E-state index contributed by atoms with van der Waals surface area (Å²) >= 11 is 13.6. The van der Waals surface area contributed by atoms with E-state index < -0.39 is 0 Å². The number of fused-ring (bicyclic) bond motifs is 1. The summed E-state index contributed by atoms with van der Waals surface area (Å²) in [4.78, 5) is 13.5. The van der Waals surface area contributed by atoms with Crippen molar-refractivity contribution in [3.63, 3.8) is 0 Å². The highest BCUT2D eigenvalue weighted by atomic mass is 79.9. The van der Waals surface area contributed by atoms with Crippen LogP contribution in [0.1, 0.15) is 28.7 Å². The van der Waals surface area contributed by atoms with Crippen LogP contribution >= 0.6 is 55.4 Å². The van der Waals surface area contributed by atoms with Crippen molar-refractivity contribution < 1.29 is 9.53 Å². The first-order valence-electron chi connectivity index (χ1n) is 9.82. The van der Waals surface area contributed by atoms with Gasteiger partial charge in [-0.05, 0) is 45.8 Å². The Hall–Kier alpha value is -2.41. The first kappa shape index (κ1) is 23.7. The maximum Gasteiger partial charge on any atom is 0.261 e. The van der Waals surface area contributed by atoms with Gasteiger partial charge in [-0.15, -0.1) is 10.2 Å². The molecule has 0 radical (unpaired) electrons. The van der Waals surface area contributed by atoms with Crippen molar-refractivity contribution in [3.8, 4) is 16.3 Å². The molecule has 2 aromatic heterocycles. The number of aryl methyl sites for hydroxylation is 1. The molecule has 0 atom stereocenters. The van der Waals surface area contributed by atoms with Crippen LogP contribution in [-0.4, -0.2) is 37.9 Å². The van der Waals surface area contributed by atoms with Crippen LogP contribution < -0.4 is 15.4 Å². The summed E-state index contributed by atoms with van der Waals surface area (Å²) < 4.78 is 8.53. The molecule has 2 aromatic carbocycles. The van der Waals surface area contributed by atoms with Crippen molar-refractivity contribution in [2.45, 2.75) is 19.9 Å². The zero-order valence-corrected chi connectivity index (χ0v) is 22.4. The average molecular weight is 610 g/mol. The van der Waals surface area contributed by atoms with Gasteiger partial charge in [0.05, 0.1) is 17.1 Å². The van der Waals surface area contributed by atoms with Gasteiger partial charge in [0.2, 0.25) is 4.96 Å². The largest absolute Gasteiger partial charge is 0.495 e. The fraction of sp³-hybridized carbons (Fsp3) is 0.190. The number of amides is 1. The molecule has 33 heavy (non-hydrogen) atoms. The van der Waals surface area contributed by atoms with Crippen molar-refractivity contribution in [3.05, 3.63) is 62.3 Å². The predicted octanol–water partition coefficient (Wildman–Crippen LogP) is 4.75. The highest BCUT2D eigenvalue weighted by Gasteiger charge is 2.17. The monoisotopic (exact) mass is 608 g/mol. The van der Waals surface area contributed by atoms with Crippen molar-refractivity contribution in [1.29, 1.82) is 0 Å². The third kappa shape index (κ3) is 5.24. The lowest BCUT2D eigenvalue weighted by Crippen LogP contribution is -2.39. The Kier molecular flexibility index (Phi) is 7.37. The Balaban J connectivity index is 1.37. The summed E-state index contributed by atoms with van der Waals surface area (Å²) in [7, 11) is 1.51. The Labute approximate surface area is 216 Å². The number of thiocarbonyl (C=S) groups is 1. The summed E-state index contributed by atoms with van der Waals surface area (Å²) in [5.74, 6) is 0.915. The second-order valence-corrected chi connectivity index (χ2v) is 10.0. The van der Waals surface area contributed by atoms with Gasteiger partial charge >= 0.3 is 0 Å². The standard InChI is InChI=1S/C21H18Br2N6O2S2/c1-3-16-26-27-21-29(16)28-19(33-21)12-6-4-11(5-7-12)10-24-20(32)25-18(30)14-8-13(22)9-15(23)17(14)31-2/h4-9H,3,10H2,1-2H3,(H2,24,25,30,32). The van der Waals surface area contributed by atoms with Crippen LogP contribution in [0.2, 0.25) is 0 Å². The van der Waals surface area contributed by atoms with Crippen LogP contribution in [0.4, 0.5) is 0 Å². The molecule has 1 amide bonds. The number of nitrogens with one attached hydrogen (secondary N) is 2. The minimum absolute atomic E-state index is 0.225. The summed E-state index contributed by atoms with van der Waals surface area (Å²) in [6.45, 7) is 2.49. The molecule has 170 valence electrons. The van der Waals surface area contributed by atoms with Gasteiger partial charge in [0.15, 0.2) is 10.9 Å². The number of carbonyl (C=O) groups is 1. The average Bonchev–Trinajstić information content (AvgIpc) is 3.38. The van der Waals surface area contributed by atoms with Crippen LogP contribution in [0.25, 0.3) is 15.5 Å².